The lowest BCUT2D eigenvalue weighted by Crippen LogP contribution is -2.16. The summed E-state index contributed by atoms with van der Waals surface area (Å²) in [6, 6.07) is 7.64. The van der Waals surface area contributed by atoms with Crippen LogP contribution in [0.1, 0.15) is 26.3 Å². The number of anilines is 1. The van der Waals surface area contributed by atoms with Gasteiger partial charge in [0.25, 0.3) is 0 Å². The Kier molecular flexibility index (Phi) is 3.48. The van der Waals surface area contributed by atoms with E-state index >= 15 is 0 Å². The predicted molar refractivity (Wildman–Crippen MR) is 60.9 cm³/mol. The largest absolute Gasteiger partial charge is 0.387 e. The topological polar surface area (TPSA) is 49.3 Å². The number of carbonyl (C=O) groups is 1. The number of hydrogen-bond acceptors (Lipinski definition) is 2. The van der Waals surface area contributed by atoms with E-state index in [4.69, 9.17) is 5.11 Å². The zero-order valence-electron chi connectivity index (χ0n) is 9.37. The van der Waals surface area contributed by atoms with E-state index in [0.717, 1.165) is 0 Å². The molecule has 0 atom stereocenters. The quantitative estimate of drug-likeness (QED) is 0.778. The highest BCUT2D eigenvalue weighted by Gasteiger charge is 2.12. The maximum Gasteiger partial charge on any atom is 0.250 e. The zero-order chi connectivity index (χ0) is 11.5. The molecule has 3 heteroatoms. The molecular weight excluding hydrogens is 190 g/mol. The molecule has 1 rings (SSSR count). The molecule has 1 aromatic carbocycles. The lowest BCUT2D eigenvalue weighted by Gasteiger charge is -2.19. The van der Waals surface area contributed by atoms with Crippen LogP contribution < -0.4 is 5.32 Å². The summed E-state index contributed by atoms with van der Waals surface area (Å²) >= 11 is 0. The fourth-order valence-corrected chi connectivity index (χ4v) is 1.25. The van der Waals surface area contributed by atoms with E-state index < -0.39 is 12.5 Å². The van der Waals surface area contributed by atoms with Gasteiger partial charge in [-0.1, -0.05) is 32.9 Å². The lowest BCUT2D eigenvalue weighted by atomic mass is 9.87. The van der Waals surface area contributed by atoms with Crippen molar-refractivity contribution in [2.24, 2.45) is 0 Å². The molecule has 1 aromatic rings. The third-order valence-electron chi connectivity index (χ3n) is 2.18. The Morgan fingerprint density at radius 3 is 2.20 bits per heavy atom. The molecule has 3 nitrogen and oxygen atoms in total. The maximum atomic E-state index is 10.9. The minimum absolute atomic E-state index is 0.111. The molecule has 0 heterocycles. The molecule has 82 valence electrons. The molecule has 0 aliphatic carbocycles. The smallest absolute Gasteiger partial charge is 0.250 e. The van der Waals surface area contributed by atoms with Gasteiger partial charge in [-0.3, -0.25) is 4.79 Å². The highest BCUT2D eigenvalue weighted by atomic mass is 16.3. The summed E-state index contributed by atoms with van der Waals surface area (Å²) in [7, 11) is 0. The van der Waals surface area contributed by atoms with Crippen molar-refractivity contribution in [2.45, 2.75) is 26.2 Å². The number of benzene rings is 1. The molecule has 15 heavy (non-hydrogen) atoms. The molecule has 0 radical (unpaired) electrons. The highest BCUT2D eigenvalue weighted by Crippen LogP contribution is 2.23. The van der Waals surface area contributed by atoms with Crippen molar-refractivity contribution in [3.63, 3.8) is 0 Å². The molecule has 0 saturated carbocycles. The van der Waals surface area contributed by atoms with Gasteiger partial charge in [0.2, 0.25) is 5.91 Å². The average Bonchev–Trinajstić information content (AvgIpc) is 2.17. The van der Waals surface area contributed by atoms with E-state index in [1.165, 1.54) is 5.56 Å². The third-order valence-corrected chi connectivity index (χ3v) is 2.18. The monoisotopic (exact) mass is 207 g/mol. The average molecular weight is 207 g/mol. The molecular formula is C12H17NO2. The maximum absolute atomic E-state index is 10.9. The van der Waals surface area contributed by atoms with Crippen LogP contribution >= 0.6 is 0 Å². The molecule has 0 fully saturated rings. The van der Waals surface area contributed by atoms with Gasteiger partial charge in [-0.15, -0.1) is 0 Å². The van der Waals surface area contributed by atoms with Gasteiger partial charge in [-0.25, -0.2) is 0 Å². The zero-order valence-corrected chi connectivity index (χ0v) is 9.37. The second-order valence-corrected chi connectivity index (χ2v) is 4.53. The van der Waals surface area contributed by atoms with Crippen LogP contribution in [0.15, 0.2) is 24.3 Å². The minimum Gasteiger partial charge on any atom is -0.387 e. The first-order chi connectivity index (χ1) is 6.93. The molecule has 0 bridgehead atoms. The molecule has 0 spiro atoms. The van der Waals surface area contributed by atoms with E-state index in [-0.39, 0.29) is 5.41 Å². The van der Waals surface area contributed by atoms with Gasteiger partial charge in [-0.2, -0.15) is 0 Å². The van der Waals surface area contributed by atoms with Crippen molar-refractivity contribution < 1.29 is 9.90 Å². The lowest BCUT2D eigenvalue weighted by molar-refractivity contribution is -0.118. The first kappa shape index (κ1) is 11.7. The van der Waals surface area contributed by atoms with Crippen molar-refractivity contribution in [3.8, 4) is 0 Å². The number of aliphatic hydroxyl groups is 1. The van der Waals surface area contributed by atoms with Crippen molar-refractivity contribution >= 4 is 11.6 Å². The van der Waals surface area contributed by atoms with Crippen LogP contribution in [0.3, 0.4) is 0 Å². The normalized spacial score (nSPS) is 11.2. The summed E-state index contributed by atoms with van der Waals surface area (Å²) in [4.78, 5) is 10.9. The van der Waals surface area contributed by atoms with Crippen LogP contribution in [0.4, 0.5) is 5.69 Å². The summed E-state index contributed by atoms with van der Waals surface area (Å²) < 4.78 is 0. The van der Waals surface area contributed by atoms with Crippen LogP contribution in [-0.2, 0) is 10.2 Å². The van der Waals surface area contributed by atoms with E-state index in [1.807, 2.05) is 24.3 Å². The molecule has 0 aromatic heterocycles. The van der Waals surface area contributed by atoms with Gasteiger partial charge < -0.3 is 10.4 Å². The summed E-state index contributed by atoms with van der Waals surface area (Å²) in [6.45, 7) is 5.91. The van der Waals surface area contributed by atoms with Crippen molar-refractivity contribution in [1.82, 2.24) is 0 Å². The van der Waals surface area contributed by atoms with Crippen LogP contribution in [-0.4, -0.2) is 17.6 Å². The van der Waals surface area contributed by atoms with Gasteiger partial charge in [0, 0.05) is 5.69 Å². The molecule has 0 aliphatic heterocycles. The predicted octanol–water partition coefficient (Wildman–Crippen LogP) is 1.91. The van der Waals surface area contributed by atoms with Gasteiger partial charge in [0.15, 0.2) is 0 Å². The Morgan fingerprint density at radius 2 is 1.80 bits per heavy atom. The fourth-order valence-electron chi connectivity index (χ4n) is 1.25. The number of nitrogens with one attached hydrogen (secondary N) is 1. The summed E-state index contributed by atoms with van der Waals surface area (Å²) in [5.41, 5.74) is 2.03. The van der Waals surface area contributed by atoms with E-state index in [9.17, 15) is 4.79 Å². The molecule has 0 unspecified atom stereocenters. The summed E-state index contributed by atoms with van der Waals surface area (Å²) in [5.74, 6) is -0.390. The number of hydrogen-bond donors (Lipinski definition) is 2. The Balaban J connectivity index is 2.77. The van der Waals surface area contributed by atoms with Gasteiger partial charge >= 0.3 is 0 Å². The van der Waals surface area contributed by atoms with Gasteiger partial charge in [0.1, 0.15) is 6.61 Å². The molecule has 0 saturated heterocycles. The second-order valence-electron chi connectivity index (χ2n) is 4.53. The molecule has 1 amide bonds. The molecule has 2 N–H and O–H groups in total. The Hall–Kier alpha value is -1.35. The van der Waals surface area contributed by atoms with Crippen molar-refractivity contribution in [3.05, 3.63) is 29.8 Å². The number of carbonyl (C=O) groups excluding carboxylic acids is 1. The van der Waals surface area contributed by atoms with Crippen LogP contribution in [0, 0.1) is 0 Å². The van der Waals surface area contributed by atoms with Crippen LogP contribution in [0.5, 0.6) is 0 Å². The van der Waals surface area contributed by atoms with Crippen LogP contribution in [0.25, 0.3) is 0 Å². The Bertz CT molecular complexity index is 336. The van der Waals surface area contributed by atoms with E-state index in [2.05, 4.69) is 26.1 Å². The standard InChI is InChI=1S/C12H17NO2/c1-12(2,3)9-4-6-10(7-5-9)13-11(15)8-14/h4-7,14H,8H2,1-3H3,(H,13,15). The third kappa shape index (κ3) is 3.36. The molecule has 0 aliphatic rings. The number of amides is 1. The second kappa shape index (κ2) is 4.45. The van der Waals surface area contributed by atoms with Crippen LogP contribution in [0.2, 0.25) is 0 Å². The van der Waals surface area contributed by atoms with Crippen molar-refractivity contribution in [1.29, 1.82) is 0 Å². The number of aliphatic hydroxyl groups excluding tert-OH is 1. The van der Waals surface area contributed by atoms with E-state index in [1.54, 1.807) is 0 Å². The minimum atomic E-state index is -0.485. The Morgan fingerprint density at radius 1 is 1.27 bits per heavy atom. The Labute approximate surface area is 90.1 Å². The SMILES string of the molecule is CC(C)(C)c1ccc(NC(=O)CO)cc1. The highest BCUT2D eigenvalue weighted by molar-refractivity contribution is 5.91. The van der Waals surface area contributed by atoms with Gasteiger partial charge in [-0.05, 0) is 23.1 Å². The number of rotatable bonds is 2. The fraction of sp³-hybridized carbons (Fsp3) is 0.417. The first-order valence-corrected chi connectivity index (χ1v) is 4.95. The van der Waals surface area contributed by atoms with Crippen molar-refractivity contribution in [2.75, 3.05) is 11.9 Å². The van der Waals surface area contributed by atoms with E-state index in [0.29, 0.717) is 5.69 Å². The van der Waals surface area contributed by atoms with Gasteiger partial charge in [0.05, 0.1) is 0 Å². The summed E-state index contributed by atoms with van der Waals surface area (Å²) in [5, 5.41) is 11.1. The summed E-state index contributed by atoms with van der Waals surface area (Å²) in [6.07, 6.45) is 0. The first-order valence-electron chi connectivity index (χ1n) is 4.95.